The number of hydrogen-bond acceptors (Lipinski definition) is 4. The maximum absolute atomic E-state index is 12.3. The fourth-order valence-electron chi connectivity index (χ4n) is 2.30. The summed E-state index contributed by atoms with van der Waals surface area (Å²) in [6, 6.07) is 6.02. The highest BCUT2D eigenvalue weighted by molar-refractivity contribution is 6.23. The van der Waals surface area contributed by atoms with Crippen molar-refractivity contribution >= 4 is 23.8 Å². The molecule has 2 amide bonds. The summed E-state index contributed by atoms with van der Waals surface area (Å²) in [7, 11) is 0. The van der Waals surface area contributed by atoms with Crippen LogP contribution in [-0.4, -0.2) is 44.4 Å². The fourth-order valence-corrected chi connectivity index (χ4v) is 2.30. The minimum absolute atomic E-state index is 0.130. The molecule has 1 unspecified atom stereocenters. The third-order valence-corrected chi connectivity index (χ3v) is 3.57. The molecule has 0 saturated heterocycles. The Hall–Kier alpha value is -2.70. The standard InChI is InChI=1S/C14H13NO6/c1-14(13(20)21,7-6-10(16)17)15-11(18)8-4-2-3-5-9(8)12(15)19/h2-5H,6-7H2,1H3,(H,16,17)(H,20,21). The largest absolute Gasteiger partial charge is 0.481 e. The highest BCUT2D eigenvalue weighted by Crippen LogP contribution is 2.32. The van der Waals surface area contributed by atoms with Crippen molar-refractivity contribution in [1.82, 2.24) is 4.90 Å². The lowest BCUT2D eigenvalue weighted by Gasteiger charge is -2.32. The van der Waals surface area contributed by atoms with Crippen molar-refractivity contribution in [2.45, 2.75) is 25.3 Å². The predicted molar refractivity (Wildman–Crippen MR) is 69.9 cm³/mol. The molecular formula is C14H13NO6. The normalized spacial score (nSPS) is 16.5. The van der Waals surface area contributed by atoms with Gasteiger partial charge in [-0.1, -0.05) is 12.1 Å². The molecule has 0 aliphatic carbocycles. The first-order valence-electron chi connectivity index (χ1n) is 6.22. The summed E-state index contributed by atoms with van der Waals surface area (Å²) >= 11 is 0. The second-order valence-electron chi connectivity index (χ2n) is 4.96. The van der Waals surface area contributed by atoms with Crippen LogP contribution in [0, 0.1) is 0 Å². The Morgan fingerprint density at radius 3 is 1.95 bits per heavy atom. The van der Waals surface area contributed by atoms with E-state index in [1.165, 1.54) is 19.1 Å². The van der Waals surface area contributed by atoms with E-state index in [4.69, 9.17) is 5.11 Å². The van der Waals surface area contributed by atoms with Crippen LogP contribution in [0.3, 0.4) is 0 Å². The minimum Gasteiger partial charge on any atom is -0.481 e. The molecular weight excluding hydrogens is 278 g/mol. The van der Waals surface area contributed by atoms with Gasteiger partial charge in [-0.2, -0.15) is 0 Å². The maximum atomic E-state index is 12.3. The monoisotopic (exact) mass is 291 g/mol. The average Bonchev–Trinajstić information content (AvgIpc) is 2.69. The summed E-state index contributed by atoms with van der Waals surface area (Å²) < 4.78 is 0. The van der Waals surface area contributed by atoms with E-state index in [1.807, 2.05) is 0 Å². The molecule has 0 spiro atoms. The molecule has 1 aromatic rings. The van der Waals surface area contributed by atoms with Crippen LogP contribution in [0.25, 0.3) is 0 Å². The van der Waals surface area contributed by atoms with Crippen LogP contribution in [0.15, 0.2) is 24.3 Å². The summed E-state index contributed by atoms with van der Waals surface area (Å²) in [4.78, 5) is 47.4. The van der Waals surface area contributed by atoms with Gasteiger partial charge in [0.1, 0.15) is 5.54 Å². The van der Waals surface area contributed by atoms with Crippen molar-refractivity contribution in [3.63, 3.8) is 0 Å². The number of fused-ring (bicyclic) bond motifs is 1. The van der Waals surface area contributed by atoms with Gasteiger partial charge in [-0.25, -0.2) is 4.79 Å². The zero-order valence-corrected chi connectivity index (χ0v) is 11.2. The van der Waals surface area contributed by atoms with Gasteiger partial charge in [-0.15, -0.1) is 0 Å². The number of imide groups is 1. The first kappa shape index (κ1) is 14.7. The number of aliphatic carboxylic acids is 2. The van der Waals surface area contributed by atoms with Crippen molar-refractivity contribution in [2.75, 3.05) is 0 Å². The Bertz CT molecular complexity index is 618. The quantitative estimate of drug-likeness (QED) is 0.782. The molecule has 0 bridgehead atoms. The summed E-state index contributed by atoms with van der Waals surface area (Å²) in [6.45, 7) is 1.18. The van der Waals surface area contributed by atoms with Gasteiger partial charge in [0, 0.05) is 6.42 Å². The van der Waals surface area contributed by atoms with Crippen LogP contribution in [-0.2, 0) is 9.59 Å². The number of carbonyl (C=O) groups excluding carboxylic acids is 2. The van der Waals surface area contributed by atoms with Gasteiger partial charge in [0.25, 0.3) is 11.8 Å². The maximum Gasteiger partial charge on any atom is 0.329 e. The average molecular weight is 291 g/mol. The molecule has 1 aromatic carbocycles. The van der Waals surface area contributed by atoms with Crippen molar-refractivity contribution in [3.8, 4) is 0 Å². The van der Waals surface area contributed by atoms with E-state index in [1.54, 1.807) is 12.1 Å². The third kappa shape index (κ3) is 2.26. The van der Waals surface area contributed by atoms with Gasteiger partial charge in [0.2, 0.25) is 0 Å². The number of carboxylic acids is 2. The molecule has 0 aromatic heterocycles. The van der Waals surface area contributed by atoms with E-state index in [-0.39, 0.29) is 17.5 Å². The molecule has 1 aliphatic rings. The number of hydrogen-bond donors (Lipinski definition) is 2. The zero-order chi connectivity index (χ0) is 15.8. The van der Waals surface area contributed by atoms with E-state index in [2.05, 4.69) is 0 Å². The molecule has 2 rings (SSSR count). The van der Waals surface area contributed by atoms with Gasteiger partial charge in [-0.3, -0.25) is 19.3 Å². The minimum atomic E-state index is -1.90. The molecule has 0 saturated carbocycles. The smallest absolute Gasteiger partial charge is 0.329 e. The zero-order valence-electron chi connectivity index (χ0n) is 11.2. The summed E-state index contributed by atoms with van der Waals surface area (Å²) in [6.07, 6.45) is -0.820. The molecule has 7 heteroatoms. The molecule has 110 valence electrons. The Morgan fingerprint density at radius 1 is 1.10 bits per heavy atom. The Kier molecular flexibility index (Phi) is 3.51. The molecule has 0 radical (unpaired) electrons. The van der Waals surface area contributed by atoms with Crippen LogP contribution in [0.4, 0.5) is 0 Å². The summed E-state index contributed by atoms with van der Waals surface area (Å²) in [5.41, 5.74) is -1.64. The van der Waals surface area contributed by atoms with E-state index in [9.17, 15) is 24.3 Å². The van der Waals surface area contributed by atoms with Gasteiger partial charge in [0.15, 0.2) is 0 Å². The van der Waals surface area contributed by atoms with Gasteiger partial charge < -0.3 is 10.2 Å². The Labute approximate surface area is 119 Å². The summed E-state index contributed by atoms with van der Waals surface area (Å²) in [5, 5.41) is 18.1. The fraction of sp³-hybridized carbons (Fsp3) is 0.286. The van der Waals surface area contributed by atoms with Crippen LogP contribution < -0.4 is 0 Å². The number of nitrogens with zero attached hydrogens (tertiary/aromatic N) is 1. The van der Waals surface area contributed by atoms with Crippen LogP contribution in [0.2, 0.25) is 0 Å². The van der Waals surface area contributed by atoms with Crippen molar-refractivity contribution in [2.24, 2.45) is 0 Å². The molecule has 1 aliphatic heterocycles. The highest BCUT2D eigenvalue weighted by atomic mass is 16.4. The van der Waals surface area contributed by atoms with Crippen LogP contribution >= 0.6 is 0 Å². The first-order chi connectivity index (χ1) is 9.79. The SMILES string of the molecule is CC(CCC(=O)O)(C(=O)O)N1C(=O)c2ccccc2C1=O. The number of amides is 2. The topological polar surface area (TPSA) is 112 Å². The van der Waals surface area contributed by atoms with Gasteiger partial charge in [0.05, 0.1) is 11.1 Å². The second-order valence-corrected chi connectivity index (χ2v) is 4.96. The second kappa shape index (κ2) is 5.01. The molecule has 1 heterocycles. The Balaban J connectivity index is 2.44. The first-order valence-corrected chi connectivity index (χ1v) is 6.22. The van der Waals surface area contributed by atoms with Crippen molar-refractivity contribution in [3.05, 3.63) is 35.4 Å². The molecule has 0 fully saturated rings. The number of benzene rings is 1. The number of rotatable bonds is 5. The summed E-state index contributed by atoms with van der Waals surface area (Å²) in [5.74, 6) is -4.05. The van der Waals surface area contributed by atoms with E-state index in [0.717, 1.165) is 0 Å². The van der Waals surface area contributed by atoms with Gasteiger partial charge >= 0.3 is 11.9 Å². The molecule has 21 heavy (non-hydrogen) atoms. The van der Waals surface area contributed by atoms with Crippen molar-refractivity contribution < 1.29 is 29.4 Å². The number of carboxylic acid groups (broad SMARTS) is 2. The lowest BCUT2D eigenvalue weighted by Crippen LogP contribution is -2.55. The lowest BCUT2D eigenvalue weighted by molar-refractivity contribution is -0.148. The van der Waals surface area contributed by atoms with Crippen LogP contribution in [0.1, 0.15) is 40.5 Å². The molecule has 7 nitrogen and oxygen atoms in total. The predicted octanol–water partition coefficient (Wildman–Crippen LogP) is 0.991. The molecule has 1 atom stereocenters. The third-order valence-electron chi connectivity index (χ3n) is 3.57. The lowest BCUT2D eigenvalue weighted by atomic mass is 9.93. The van der Waals surface area contributed by atoms with E-state index in [0.29, 0.717) is 4.90 Å². The number of carbonyl (C=O) groups is 4. The highest BCUT2D eigenvalue weighted by Gasteiger charge is 2.50. The van der Waals surface area contributed by atoms with E-state index >= 15 is 0 Å². The van der Waals surface area contributed by atoms with Gasteiger partial charge in [-0.05, 0) is 25.5 Å². The van der Waals surface area contributed by atoms with Crippen LogP contribution in [0.5, 0.6) is 0 Å². The molecule has 2 N–H and O–H groups in total. The Morgan fingerprint density at radius 2 is 1.57 bits per heavy atom. The van der Waals surface area contributed by atoms with E-state index < -0.39 is 35.7 Å². The van der Waals surface area contributed by atoms with Crippen molar-refractivity contribution in [1.29, 1.82) is 0 Å².